The lowest BCUT2D eigenvalue weighted by molar-refractivity contribution is 0.123. The summed E-state index contributed by atoms with van der Waals surface area (Å²) in [5, 5.41) is 1.30. The first-order chi connectivity index (χ1) is 10.1. The standard InChI is InChI=1S/C16H18ClN3O/c1-19-7-2-3-12-14(19)6-8-20-15(12)18-13-9-10(17)4-5-11(13)16(20)21/h4-5,9,12,14H,2-3,6-8H2,1H3/t12-,14+/m0/s1. The predicted molar refractivity (Wildman–Crippen MR) is 84.0 cm³/mol. The Balaban J connectivity index is 1.94. The number of aromatic nitrogens is 2. The van der Waals surface area contributed by atoms with Crippen LogP contribution in [0.25, 0.3) is 10.9 Å². The molecule has 1 aromatic heterocycles. The largest absolute Gasteiger partial charge is 0.303 e. The molecule has 2 aliphatic rings. The zero-order valence-electron chi connectivity index (χ0n) is 12.1. The van der Waals surface area contributed by atoms with Gasteiger partial charge in [-0.05, 0) is 51.1 Å². The third-order valence-corrected chi connectivity index (χ3v) is 5.22. The minimum atomic E-state index is 0.0818. The summed E-state index contributed by atoms with van der Waals surface area (Å²) in [4.78, 5) is 19.9. The van der Waals surface area contributed by atoms with E-state index in [1.807, 2.05) is 4.57 Å². The zero-order valence-corrected chi connectivity index (χ0v) is 12.8. The second-order valence-electron chi connectivity index (χ2n) is 6.17. The molecule has 0 bridgehead atoms. The molecule has 1 fully saturated rings. The fraction of sp³-hybridized carbons (Fsp3) is 0.500. The molecule has 3 heterocycles. The fourth-order valence-corrected chi connectivity index (χ4v) is 4.09. The lowest BCUT2D eigenvalue weighted by atomic mass is 9.84. The molecule has 2 aromatic rings. The summed E-state index contributed by atoms with van der Waals surface area (Å²) in [6.07, 6.45) is 3.32. The van der Waals surface area contributed by atoms with Gasteiger partial charge in [-0.2, -0.15) is 0 Å². The summed E-state index contributed by atoms with van der Waals surface area (Å²) in [7, 11) is 2.18. The van der Waals surface area contributed by atoms with E-state index in [1.165, 1.54) is 6.42 Å². The second kappa shape index (κ2) is 4.82. The van der Waals surface area contributed by atoms with Crippen LogP contribution in [0.15, 0.2) is 23.0 Å². The first-order valence-corrected chi connectivity index (χ1v) is 7.93. The Morgan fingerprint density at radius 2 is 2.14 bits per heavy atom. The lowest BCUT2D eigenvalue weighted by Crippen LogP contribution is -2.47. The maximum absolute atomic E-state index is 12.7. The van der Waals surface area contributed by atoms with Gasteiger partial charge in [-0.15, -0.1) is 0 Å². The van der Waals surface area contributed by atoms with Crippen molar-refractivity contribution in [1.29, 1.82) is 0 Å². The van der Waals surface area contributed by atoms with Crippen molar-refractivity contribution < 1.29 is 0 Å². The molecule has 0 unspecified atom stereocenters. The predicted octanol–water partition coefficient (Wildman–Crippen LogP) is 2.63. The van der Waals surface area contributed by atoms with Gasteiger partial charge in [0.2, 0.25) is 0 Å². The minimum absolute atomic E-state index is 0.0818. The highest BCUT2D eigenvalue weighted by atomic mass is 35.5. The smallest absolute Gasteiger partial charge is 0.261 e. The van der Waals surface area contributed by atoms with Crippen molar-refractivity contribution in [2.75, 3.05) is 13.6 Å². The molecule has 1 saturated heterocycles. The van der Waals surface area contributed by atoms with Crippen molar-refractivity contribution in [2.45, 2.75) is 37.8 Å². The van der Waals surface area contributed by atoms with Crippen molar-refractivity contribution >= 4 is 22.5 Å². The number of halogens is 1. The van der Waals surface area contributed by atoms with Crippen molar-refractivity contribution in [3.8, 4) is 0 Å². The van der Waals surface area contributed by atoms with Crippen LogP contribution in [0.3, 0.4) is 0 Å². The Morgan fingerprint density at radius 3 is 3.00 bits per heavy atom. The van der Waals surface area contributed by atoms with Gasteiger partial charge >= 0.3 is 0 Å². The SMILES string of the molecule is CN1CCC[C@@H]2c3nc4cc(Cl)ccc4c(=O)n3CC[C@H]21. The van der Waals surface area contributed by atoms with Crippen LogP contribution in [0, 0.1) is 0 Å². The average Bonchev–Trinajstić information content (AvgIpc) is 2.47. The molecule has 2 aliphatic heterocycles. The fourth-order valence-electron chi connectivity index (χ4n) is 3.92. The maximum atomic E-state index is 12.7. The van der Waals surface area contributed by atoms with E-state index in [-0.39, 0.29) is 5.56 Å². The van der Waals surface area contributed by atoms with Crippen molar-refractivity contribution in [2.24, 2.45) is 0 Å². The number of rotatable bonds is 0. The number of hydrogen-bond donors (Lipinski definition) is 0. The van der Waals surface area contributed by atoms with E-state index in [0.29, 0.717) is 22.4 Å². The van der Waals surface area contributed by atoms with E-state index < -0.39 is 0 Å². The third-order valence-electron chi connectivity index (χ3n) is 4.98. The Kier molecular flexibility index (Phi) is 3.05. The lowest BCUT2D eigenvalue weighted by Gasteiger charge is -2.42. The van der Waals surface area contributed by atoms with E-state index in [0.717, 1.165) is 37.3 Å². The van der Waals surface area contributed by atoms with Crippen LogP contribution >= 0.6 is 11.6 Å². The van der Waals surface area contributed by atoms with Gasteiger partial charge in [0.25, 0.3) is 5.56 Å². The van der Waals surface area contributed by atoms with Crippen LogP contribution in [-0.2, 0) is 6.54 Å². The molecule has 110 valence electrons. The Bertz CT molecular complexity index is 770. The number of hydrogen-bond acceptors (Lipinski definition) is 3. The van der Waals surface area contributed by atoms with Gasteiger partial charge in [-0.1, -0.05) is 11.6 Å². The normalized spacial score (nSPS) is 25.6. The molecule has 4 rings (SSSR count). The molecular formula is C16H18ClN3O. The van der Waals surface area contributed by atoms with Gasteiger partial charge in [-0.3, -0.25) is 9.36 Å². The van der Waals surface area contributed by atoms with Gasteiger partial charge < -0.3 is 4.90 Å². The molecular weight excluding hydrogens is 286 g/mol. The van der Waals surface area contributed by atoms with Gasteiger partial charge in [0, 0.05) is 23.5 Å². The molecule has 4 nitrogen and oxygen atoms in total. The molecule has 0 radical (unpaired) electrons. The van der Waals surface area contributed by atoms with Crippen molar-refractivity contribution in [1.82, 2.24) is 14.5 Å². The quantitative estimate of drug-likeness (QED) is 0.751. The highest BCUT2D eigenvalue weighted by Crippen LogP contribution is 2.36. The van der Waals surface area contributed by atoms with E-state index in [9.17, 15) is 4.79 Å². The minimum Gasteiger partial charge on any atom is -0.303 e. The van der Waals surface area contributed by atoms with Crippen molar-refractivity contribution in [3.05, 3.63) is 39.4 Å². The first-order valence-electron chi connectivity index (χ1n) is 7.55. The van der Waals surface area contributed by atoms with Crippen molar-refractivity contribution in [3.63, 3.8) is 0 Å². The summed E-state index contributed by atoms with van der Waals surface area (Å²) in [6.45, 7) is 1.91. The van der Waals surface area contributed by atoms with Gasteiger partial charge in [0.15, 0.2) is 0 Å². The van der Waals surface area contributed by atoms with Crippen LogP contribution < -0.4 is 5.56 Å². The van der Waals surface area contributed by atoms with Gasteiger partial charge in [0.05, 0.1) is 10.9 Å². The summed E-state index contributed by atoms with van der Waals surface area (Å²) in [5.41, 5.74) is 0.811. The van der Waals surface area contributed by atoms with E-state index in [1.54, 1.807) is 18.2 Å². The molecule has 0 saturated carbocycles. The highest BCUT2D eigenvalue weighted by molar-refractivity contribution is 6.31. The average molecular weight is 304 g/mol. The maximum Gasteiger partial charge on any atom is 0.261 e. The van der Waals surface area contributed by atoms with Crippen LogP contribution in [-0.4, -0.2) is 34.1 Å². The van der Waals surface area contributed by atoms with Gasteiger partial charge in [-0.25, -0.2) is 4.98 Å². The molecule has 0 aliphatic carbocycles. The Morgan fingerprint density at radius 1 is 1.29 bits per heavy atom. The van der Waals surface area contributed by atoms with E-state index in [4.69, 9.17) is 16.6 Å². The van der Waals surface area contributed by atoms with Crippen LogP contribution in [0.4, 0.5) is 0 Å². The number of piperidine rings is 1. The number of likely N-dealkylation sites (N-methyl/N-ethyl adjacent to an activating group) is 1. The summed E-state index contributed by atoms with van der Waals surface area (Å²) >= 11 is 6.06. The van der Waals surface area contributed by atoms with E-state index in [2.05, 4.69) is 11.9 Å². The molecule has 5 heteroatoms. The number of nitrogens with zero attached hydrogens (tertiary/aromatic N) is 3. The summed E-state index contributed by atoms with van der Waals surface area (Å²) < 4.78 is 1.89. The molecule has 2 atom stereocenters. The molecule has 0 N–H and O–H groups in total. The summed E-state index contributed by atoms with van der Waals surface area (Å²) in [5.74, 6) is 1.33. The topological polar surface area (TPSA) is 38.1 Å². The second-order valence-corrected chi connectivity index (χ2v) is 6.61. The number of likely N-dealkylation sites (tertiary alicyclic amines) is 1. The summed E-state index contributed by atoms with van der Waals surface area (Å²) in [6, 6.07) is 5.87. The van der Waals surface area contributed by atoms with E-state index >= 15 is 0 Å². The monoisotopic (exact) mass is 303 g/mol. The molecule has 0 spiro atoms. The number of fused-ring (bicyclic) bond motifs is 4. The first kappa shape index (κ1) is 13.3. The molecule has 1 aromatic carbocycles. The highest BCUT2D eigenvalue weighted by Gasteiger charge is 2.36. The van der Waals surface area contributed by atoms with Crippen LogP contribution in [0.5, 0.6) is 0 Å². The molecule has 0 amide bonds. The van der Waals surface area contributed by atoms with Gasteiger partial charge in [0.1, 0.15) is 5.82 Å². The van der Waals surface area contributed by atoms with Crippen LogP contribution in [0.2, 0.25) is 5.02 Å². The third kappa shape index (κ3) is 2.00. The zero-order chi connectivity index (χ0) is 14.6. The number of benzene rings is 1. The molecule has 21 heavy (non-hydrogen) atoms. The van der Waals surface area contributed by atoms with Crippen LogP contribution in [0.1, 0.15) is 31.0 Å². The Labute approximate surface area is 128 Å². The Hall–Kier alpha value is -1.39.